The van der Waals surface area contributed by atoms with Crippen LogP contribution in [0.3, 0.4) is 0 Å². The third kappa shape index (κ3) is 5.59. The van der Waals surface area contributed by atoms with Crippen molar-refractivity contribution in [3.63, 3.8) is 0 Å². The number of carboxylic acids is 1. The predicted octanol–water partition coefficient (Wildman–Crippen LogP) is 1.66. The Morgan fingerprint density at radius 3 is 2.47 bits per heavy atom. The van der Waals surface area contributed by atoms with E-state index in [0.29, 0.717) is 18.9 Å². The Balaban J connectivity index is 2.52. The van der Waals surface area contributed by atoms with Crippen LogP contribution in [0, 0.1) is 5.92 Å². The minimum Gasteiger partial charge on any atom is -0.481 e. The lowest BCUT2D eigenvalue weighted by molar-refractivity contribution is -0.139. The Morgan fingerprint density at radius 1 is 1.32 bits per heavy atom. The molecule has 0 aliphatic heterocycles. The van der Waals surface area contributed by atoms with Crippen LogP contribution in [-0.2, 0) is 9.59 Å². The molecule has 1 atom stereocenters. The second kappa shape index (κ2) is 7.48. The molecule has 1 rings (SSSR count). The summed E-state index contributed by atoms with van der Waals surface area (Å²) in [5.74, 6) is -0.548. The van der Waals surface area contributed by atoms with Crippen LogP contribution in [0.25, 0.3) is 0 Å². The van der Waals surface area contributed by atoms with E-state index in [-0.39, 0.29) is 12.3 Å². The Bertz CT molecular complexity index is 312. The van der Waals surface area contributed by atoms with Crippen molar-refractivity contribution in [2.24, 2.45) is 11.7 Å². The van der Waals surface area contributed by atoms with Gasteiger partial charge in [-0.15, -0.1) is 0 Å². The van der Waals surface area contributed by atoms with Crippen molar-refractivity contribution >= 4 is 11.9 Å². The number of amides is 1. The molecule has 0 radical (unpaired) electrons. The largest absolute Gasteiger partial charge is 0.481 e. The zero-order chi connectivity index (χ0) is 14.3. The van der Waals surface area contributed by atoms with Gasteiger partial charge < -0.3 is 16.2 Å². The van der Waals surface area contributed by atoms with Crippen LogP contribution in [0.4, 0.5) is 0 Å². The molecule has 5 heteroatoms. The summed E-state index contributed by atoms with van der Waals surface area (Å²) >= 11 is 0. The van der Waals surface area contributed by atoms with Gasteiger partial charge in [-0.2, -0.15) is 0 Å². The predicted molar refractivity (Wildman–Crippen MR) is 73.7 cm³/mol. The summed E-state index contributed by atoms with van der Waals surface area (Å²) < 4.78 is 0. The van der Waals surface area contributed by atoms with Crippen molar-refractivity contribution < 1.29 is 14.7 Å². The first-order valence-electron chi connectivity index (χ1n) is 7.20. The van der Waals surface area contributed by atoms with Crippen LogP contribution >= 0.6 is 0 Å². The quantitative estimate of drug-likeness (QED) is 0.656. The summed E-state index contributed by atoms with van der Waals surface area (Å²) in [4.78, 5) is 23.0. The first-order valence-corrected chi connectivity index (χ1v) is 7.20. The van der Waals surface area contributed by atoms with Gasteiger partial charge in [-0.05, 0) is 31.7 Å². The molecule has 1 amide bonds. The number of carboxylic acid groups (broad SMARTS) is 1. The summed E-state index contributed by atoms with van der Waals surface area (Å²) in [6, 6.07) is 0. The maximum Gasteiger partial charge on any atom is 0.305 e. The zero-order valence-electron chi connectivity index (χ0n) is 11.8. The zero-order valence-corrected chi connectivity index (χ0v) is 11.8. The Hall–Kier alpha value is -1.10. The van der Waals surface area contributed by atoms with Gasteiger partial charge in [0.05, 0.1) is 12.0 Å². The van der Waals surface area contributed by atoms with Crippen molar-refractivity contribution in [1.29, 1.82) is 0 Å². The average Bonchev–Trinajstić information content (AvgIpc) is 2.35. The maximum absolute atomic E-state index is 12.0. The lowest BCUT2D eigenvalue weighted by Gasteiger charge is -2.37. The Kier molecular flexibility index (Phi) is 6.28. The topological polar surface area (TPSA) is 92.4 Å². The van der Waals surface area contributed by atoms with E-state index in [1.165, 1.54) is 0 Å². The van der Waals surface area contributed by atoms with Crippen LogP contribution in [0.1, 0.15) is 58.3 Å². The number of nitrogens with two attached hydrogens (primary N) is 1. The van der Waals surface area contributed by atoms with Crippen LogP contribution in [-0.4, -0.2) is 29.1 Å². The van der Waals surface area contributed by atoms with Crippen molar-refractivity contribution in [3.8, 4) is 0 Å². The van der Waals surface area contributed by atoms with E-state index in [4.69, 9.17) is 10.8 Å². The van der Waals surface area contributed by atoms with Crippen LogP contribution < -0.4 is 11.1 Å². The second-order valence-electron chi connectivity index (χ2n) is 5.84. The highest BCUT2D eigenvalue weighted by Crippen LogP contribution is 2.31. The molecular formula is C14H26N2O3. The highest BCUT2D eigenvalue weighted by atomic mass is 16.4. The van der Waals surface area contributed by atoms with Crippen molar-refractivity contribution in [2.75, 3.05) is 6.54 Å². The highest BCUT2D eigenvalue weighted by Gasteiger charge is 2.35. The van der Waals surface area contributed by atoms with E-state index in [1.54, 1.807) is 0 Å². The molecule has 4 N–H and O–H groups in total. The fraction of sp³-hybridized carbons (Fsp3) is 0.857. The molecule has 110 valence electrons. The lowest BCUT2D eigenvalue weighted by atomic mass is 9.79. The fourth-order valence-corrected chi connectivity index (χ4v) is 2.72. The number of hydrogen-bond donors (Lipinski definition) is 3. The molecule has 5 nitrogen and oxygen atoms in total. The van der Waals surface area contributed by atoms with E-state index >= 15 is 0 Å². The molecule has 1 aliphatic rings. The summed E-state index contributed by atoms with van der Waals surface area (Å²) in [6.07, 6.45) is 5.88. The van der Waals surface area contributed by atoms with Gasteiger partial charge >= 0.3 is 5.97 Å². The summed E-state index contributed by atoms with van der Waals surface area (Å²) in [5, 5.41) is 12.0. The minimum atomic E-state index is -0.836. The van der Waals surface area contributed by atoms with Gasteiger partial charge in [0.2, 0.25) is 5.91 Å². The molecule has 0 saturated heterocycles. The highest BCUT2D eigenvalue weighted by molar-refractivity contribution is 5.78. The molecule has 0 bridgehead atoms. The number of carbonyl (C=O) groups excluding carboxylic acids is 1. The summed E-state index contributed by atoms with van der Waals surface area (Å²) in [7, 11) is 0. The number of hydrogen-bond acceptors (Lipinski definition) is 3. The van der Waals surface area contributed by atoms with Gasteiger partial charge in [0.25, 0.3) is 0 Å². The Labute approximate surface area is 114 Å². The SMILES string of the molecule is CC(CN)CCC(=O)NC1(CC(=O)O)CCCCC1. The molecule has 1 fully saturated rings. The molecule has 0 spiro atoms. The lowest BCUT2D eigenvalue weighted by Crippen LogP contribution is -2.51. The number of rotatable bonds is 7. The standard InChI is InChI=1S/C14H26N2O3/c1-11(10-15)5-6-12(17)16-14(9-13(18)19)7-3-2-4-8-14/h11H,2-10,15H2,1H3,(H,16,17)(H,18,19). The maximum atomic E-state index is 12.0. The van der Waals surface area contributed by atoms with E-state index < -0.39 is 11.5 Å². The normalized spacial score (nSPS) is 19.7. The smallest absolute Gasteiger partial charge is 0.305 e. The summed E-state index contributed by atoms with van der Waals surface area (Å²) in [6.45, 7) is 2.59. The molecule has 0 aromatic heterocycles. The van der Waals surface area contributed by atoms with Crippen molar-refractivity contribution in [3.05, 3.63) is 0 Å². The van der Waals surface area contributed by atoms with Gasteiger partial charge in [-0.3, -0.25) is 9.59 Å². The third-order valence-electron chi connectivity index (χ3n) is 3.97. The molecule has 0 aromatic rings. The van der Waals surface area contributed by atoms with Crippen molar-refractivity contribution in [1.82, 2.24) is 5.32 Å². The van der Waals surface area contributed by atoms with Gasteiger partial charge in [-0.25, -0.2) is 0 Å². The molecule has 19 heavy (non-hydrogen) atoms. The molecule has 1 unspecified atom stereocenters. The molecule has 1 aliphatic carbocycles. The summed E-state index contributed by atoms with van der Waals surface area (Å²) in [5.41, 5.74) is 5.00. The van der Waals surface area contributed by atoms with Crippen molar-refractivity contribution in [2.45, 2.75) is 63.8 Å². The van der Waals surface area contributed by atoms with E-state index in [2.05, 4.69) is 5.32 Å². The Morgan fingerprint density at radius 2 is 1.95 bits per heavy atom. The molecule has 0 aromatic carbocycles. The van der Waals surface area contributed by atoms with Crippen LogP contribution in [0.15, 0.2) is 0 Å². The van der Waals surface area contributed by atoms with Gasteiger partial charge in [0.15, 0.2) is 0 Å². The van der Waals surface area contributed by atoms with E-state index in [1.807, 2.05) is 6.92 Å². The monoisotopic (exact) mass is 270 g/mol. The molecule has 0 heterocycles. The molecular weight excluding hydrogens is 244 g/mol. The van der Waals surface area contributed by atoms with Crippen LogP contribution in [0.2, 0.25) is 0 Å². The van der Waals surface area contributed by atoms with Gasteiger partial charge in [-0.1, -0.05) is 26.2 Å². The third-order valence-corrected chi connectivity index (χ3v) is 3.97. The first-order chi connectivity index (χ1) is 8.97. The number of nitrogens with one attached hydrogen (secondary N) is 1. The van der Waals surface area contributed by atoms with Gasteiger partial charge in [0, 0.05) is 6.42 Å². The number of aliphatic carboxylic acids is 1. The van der Waals surface area contributed by atoms with Gasteiger partial charge in [0.1, 0.15) is 0 Å². The minimum absolute atomic E-state index is 0.0329. The number of carbonyl (C=O) groups is 2. The van der Waals surface area contributed by atoms with E-state index in [0.717, 1.165) is 38.5 Å². The molecule has 1 saturated carbocycles. The first kappa shape index (κ1) is 16.0. The van der Waals surface area contributed by atoms with E-state index in [9.17, 15) is 9.59 Å². The second-order valence-corrected chi connectivity index (χ2v) is 5.84. The van der Waals surface area contributed by atoms with Crippen LogP contribution in [0.5, 0.6) is 0 Å². The fourth-order valence-electron chi connectivity index (χ4n) is 2.72. The average molecular weight is 270 g/mol.